The fraction of sp³-hybridized carbons (Fsp3) is 0.900. The van der Waals surface area contributed by atoms with Gasteiger partial charge in [-0.05, 0) is 20.8 Å². The van der Waals surface area contributed by atoms with Gasteiger partial charge in [-0.1, -0.05) is 0 Å². The molecule has 0 bridgehead atoms. The van der Waals surface area contributed by atoms with E-state index in [1.807, 2.05) is 20.8 Å². The summed E-state index contributed by atoms with van der Waals surface area (Å²) in [6.07, 6.45) is -0.959. The zero-order valence-corrected chi connectivity index (χ0v) is 9.32. The first-order valence-corrected chi connectivity index (χ1v) is 5.12. The van der Waals surface area contributed by atoms with E-state index in [0.29, 0.717) is 19.7 Å². The van der Waals surface area contributed by atoms with Gasteiger partial charge in [0.2, 0.25) is 0 Å². The maximum absolute atomic E-state index is 11.7. The van der Waals surface area contributed by atoms with Crippen molar-refractivity contribution in [1.29, 1.82) is 0 Å². The Balaban J connectivity index is 1.93. The van der Waals surface area contributed by atoms with E-state index in [9.17, 15) is 9.90 Å². The average molecular weight is 215 g/mol. The van der Waals surface area contributed by atoms with Crippen LogP contribution in [0.3, 0.4) is 0 Å². The van der Waals surface area contributed by atoms with Crippen LogP contribution in [-0.2, 0) is 9.47 Å². The molecule has 15 heavy (non-hydrogen) atoms. The standard InChI is InChI=1S/C10H17NO4/c1-9(2,3)15-8(13)11-4-7(12)10(5-11)6-14-10/h7,12H,4-6H2,1-3H3. The van der Waals surface area contributed by atoms with E-state index < -0.39 is 17.3 Å². The summed E-state index contributed by atoms with van der Waals surface area (Å²) < 4.78 is 10.4. The zero-order chi connectivity index (χ0) is 11.3. The Morgan fingerprint density at radius 2 is 2.20 bits per heavy atom. The summed E-state index contributed by atoms with van der Waals surface area (Å²) in [6.45, 7) is 6.73. The highest BCUT2D eigenvalue weighted by Crippen LogP contribution is 2.37. The molecule has 1 N–H and O–H groups in total. The second-order valence-corrected chi connectivity index (χ2v) is 5.23. The fourth-order valence-corrected chi connectivity index (χ4v) is 1.71. The SMILES string of the molecule is CC(C)(C)OC(=O)N1CC(O)C2(CO2)C1. The molecule has 0 aliphatic carbocycles. The number of rotatable bonds is 0. The van der Waals surface area contributed by atoms with Crippen molar-refractivity contribution in [1.82, 2.24) is 4.90 Å². The summed E-state index contributed by atoms with van der Waals surface area (Å²) in [5, 5.41) is 9.66. The normalized spacial score (nSPS) is 34.7. The first kappa shape index (κ1) is 10.7. The molecule has 2 unspecified atom stereocenters. The van der Waals surface area contributed by atoms with Crippen LogP contribution < -0.4 is 0 Å². The third-order valence-electron chi connectivity index (χ3n) is 2.63. The van der Waals surface area contributed by atoms with E-state index in [1.165, 1.54) is 4.90 Å². The number of aliphatic hydroxyl groups is 1. The van der Waals surface area contributed by atoms with Crippen molar-refractivity contribution in [2.75, 3.05) is 19.7 Å². The van der Waals surface area contributed by atoms with Crippen LogP contribution in [0.2, 0.25) is 0 Å². The highest BCUT2D eigenvalue weighted by atomic mass is 16.6. The lowest BCUT2D eigenvalue weighted by molar-refractivity contribution is 0.0269. The molecule has 0 aromatic heterocycles. The molecule has 0 radical (unpaired) electrons. The van der Waals surface area contributed by atoms with Gasteiger partial charge in [0.15, 0.2) is 0 Å². The van der Waals surface area contributed by atoms with Gasteiger partial charge >= 0.3 is 6.09 Å². The lowest BCUT2D eigenvalue weighted by atomic mass is 10.1. The Morgan fingerprint density at radius 1 is 1.60 bits per heavy atom. The number of amides is 1. The molecule has 2 aliphatic rings. The largest absolute Gasteiger partial charge is 0.444 e. The number of hydrogen-bond donors (Lipinski definition) is 1. The van der Waals surface area contributed by atoms with E-state index in [4.69, 9.17) is 9.47 Å². The topological polar surface area (TPSA) is 62.3 Å². The molecule has 0 saturated carbocycles. The van der Waals surface area contributed by atoms with E-state index in [0.717, 1.165) is 0 Å². The molecule has 2 fully saturated rings. The fourth-order valence-electron chi connectivity index (χ4n) is 1.71. The van der Waals surface area contributed by atoms with Crippen molar-refractivity contribution in [3.63, 3.8) is 0 Å². The number of epoxide rings is 1. The van der Waals surface area contributed by atoms with Gasteiger partial charge in [0.1, 0.15) is 17.3 Å². The van der Waals surface area contributed by atoms with Gasteiger partial charge in [0.05, 0.1) is 19.7 Å². The molecular formula is C10H17NO4. The van der Waals surface area contributed by atoms with Gasteiger partial charge in [-0.25, -0.2) is 4.79 Å². The molecule has 2 aliphatic heterocycles. The molecule has 1 spiro atoms. The Bertz CT molecular complexity index is 280. The van der Waals surface area contributed by atoms with Crippen LogP contribution in [0.15, 0.2) is 0 Å². The number of hydrogen-bond acceptors (Lipinski definition) is 4. The minimum Gasteiger partial charge on any atom is -0.444 e. The van der Waals surface area contributed by atoms with Gasteiger partial charge < -0.3 is 19.5 Å². The smallest absolute Gasteiger partial charge is 0.410 e. The summed E-state index contributed by atoms with van der Waals surface area (Å²) in [6, 6.07) is 0. The third kappa shape index (κ3) is 2.08. The van der Waals surface area contributed by atoms with Crippen LogP contribution in [0.1, 0.15) is 20.8 Å². The van der Waals surface area contributed by atoms with Crippen LogP contribution >= 0.6 is 0 Å². The molecule has 2 heterocycles. The molecule has 2 saturated heterocycles. The van der Waals surface area contributed by atoms with Crippen molar-refractivity contribution in [3.8, 4) is 0 Å². The number of β-amino-alcohol motifs (C(OH)–C–C–N with tert-alkyl or cyclic N) is 1. The quantitative estimate of drug-likeness (QED) is 0.593. The molecular weight excluding hydrogens is 198 g/mol. The third-order valence-corrected chi connectivity index (χ3v) is 2.63. The van der Waals surface area contributed by atoms with E-state index in [-0.39, 0.29) is 6.09 Å². The number of aliphatic hydroxyl groups excluding tert-OH is 1. The predicted octanol–water partition coefficient (Wildman–Crippen LogP) is 0.367. The molecule has 1 amide bonds. The molecule has 0 aromatic rings. The lowest BCUT2D eigenvalue weighted by Gasteiger charge is -2.24. The molecule has 5 nitrogen and oxygen atoms in total. The summed E-state index contributed by atoms with van der Waals surface area (Å²) >= 11 is 0. The van der Waals surface area contributed by atoms with Gasteiger partial charge in [-0.2, -0.15) is 0 Å². The first-order valence-electron chi connectivity index (χ1n) is 5.12. The van der Waals surface area contributed by atoms with Crippen molar-refractivity contribution < 1.29 is 19.4 Å². The zero-order valence-electron chi connectivity index (χ0n) is 9.32. The molecule has 2 rings (SSSR count). The summed E-state index contributed by atoms with van der Waals surface area (Å²) in [5.74, 6) is 0. The van der Waals surface area contributed by atoms with Crippen LogP contribution in [0.25, 0.3) is 0 Å². The van der Waals surface area contributed by atoms with Crippen molar-refractivity contribution >= 4 is 6.09 Å². The van der Waals surface area contributed by atoms with Crippen molar-refractivity contribution in [2.24, 2.45) is 0 Å². The highest BCUT2D eigenvalue weighted by Gasteiger charge is 2.58. The maximum atomic E-state index is 11.7. The molecule has 0 aromatic carbocycles. The first-order chi connectivity index (χ1) is 6.82. The highest BCUT2D eigenvalue weighted by molar-refractivity contribution is 5.69. The predicted molar refractivity (Wildman–Crippen MR) is 52.5 cm³/mol. The van der Waals surface area contributed by atoms with Crippen LogP contribution in [0.5, 0.6) is 0 Å². The Hall–Kier alpha value is -0.810. The van der Waals surface area contributed by atoms with Gasteiger partial charge in [-0.15, -0.1) is 0 Å². The van der Waals surface area contributed by atoms with Crippen LogP contribution in [0, 0.1) is 0 Å². The van der Waals surface area contributed by atoms with Crippen LogP contribution in [-0.4, -0.2) is 53.1 Å². The van der Waals surface area contributed by atoms with E-state index >= 15 is 0 Å². The average Bonchev–Trinajstić information content (AvgIpc) is 2.73. The second kappa shape index (κ2) is 3.09. The second-order valence-electron chi connectivity index (χ2n) is 5.23. The number of ether oxygens (including phenoxy) is 2. The lowest BCUT2D eigenvalue weighted by Crippen LogP contribution is -2.36. The minimum absolute atomic E-state index is 0.301. The number of carbonyl (C=O) groups is 1. The number of nitrogens with zero attached hydrogens (tertiary/aromatic N) is 1. The molecule has 2 atom stereocenters. The van der Waals surface area contributed by atoms with Crippen molar-refractivity contribution in [2.45, 2.75) is 38.1 Å². The summed E-state index contributed by atoms with van der Waals surface area (Å²) in [5.41, 5.74) is -0.987. The van der Waals surface area contributed by atoms with E-state index in [1.54, 1.807) is 0 Å². The Kier molecular flexibility index (Phi) is 2.20. The molecule has 5 heteroatoms. The molecule has 86 valence electrons. The van der Waals surface area contributed by atoms with E-state index in [2.05, 4.69) is 0 Å². The maximum Gasteiger partial charge on any atom is 0.410 e. The van der Waals surface area contributed by atoms with Gasteiger partial charge in [-0.3, -0.25) is 0 Å². The summed E-state index contributed by atoms with van der Waals surface area (Å²) in [7, 11) is 0. The number of likely N-dealkylation sites (tertiary alicyclic amines) is 1. The van der Waals surface area contributed by atoms with Crippen LogP contribution in [0.4, 0.5) is 4.79 Å². The Labute approximate surface area is 89.0 Å². The van der Waals surface area contributed by atoms with Crippen molar-refractivity contribution in [3.05, 3.63) is 0 Å². The number of carbonyl (C=O) groups excluding carboxylic acids is 1. The Morgan fingerprint density at radius 3 is 2.60 bits per heavy atom. The monoisotopic (exact) mass is 215 g/mol. The van der Waals surface area contributed by atoms with Gasteiger partial charge in [0.25, 0.3) is 0 Å². The van der Waals surface area contributed by atoms with Gasteiger partial charge in [0, 0.05) is 0 Å². The minimum atomic E-state index is -0.579. The summed E-state index contributed by atoms with van der Waals surface area (Å²) in [4.78, 5) is 13.2.